The lowest BCUT2D eigenvalue weighted by Crippen LogP contribution is -2.33. The molecule has 1 aromatic heterocycles. The molecule has 5 heteroatoms. The van der Waals surface area contributed by atoms with Gasteiger partial charge >= 0.3 is 5.97 Å². The van der Waals surface area contributed by atoms with Crippen molar-refractivity contribution in [3.63, 3.8) is 0 Å². The molecule has 0 spiro atoms. The normalized spacial score (nSPS) is 11.9. The van der Waals surface area contributed by atoms with Crippen molar-refractivity contribution >= 4 is 29.3 Å². The van der Waals surface area contributed by atoms with E-state index in [4.69, 9.17) is 4.74 Å². The highest BCUT2D eigenvalue weighted by Crippen LogP contribution is 2.18. The minimum absolute atomic E-state index is 0.198. The minimum atomic E-state index is -0.541. The van der Waals surface area contributed by atoms with E-state index in [0.717, 1.165) is 16.7 Å². The number of hydrogen-bond donors (Lipinski definition) is 1. The van der Waals surface area contributed by atoms with Crippen LogP contribution in [0.2, 0.25) is 0 Å². The Morgan fingerprint density at radius 1 is 1.00 bits per heavy atom. The third kappa shape index (κ3) is 6.21. The molecule has 3 aromatic rings. The lowest BCUT2D eigenvalue weighted by molar-refractivity contribution is -0.144. The predicted octanol–water partition coefficient (Wildman–Crippen LogP) is 4.40. The van der Waals surface area contributed by atoms with Crippen LogP contribution < -0.4 is 5.32 Å². The largest absolute Gasteiger partial charge is 0.452 e. The fourth-order valence-corrected chi connectivity index (χ4v) is 3.37. The molecule has 142 valence electrons. The van der Waals surface area contributed by atoms with Crippen LogP contribution in [0.25, 0.3) is 6.08 Å². The van der Waals surface area contributed by atoms with Crippen molar-refractivity contribution in [2.24, 2.45) is 0 Å². The average molecular weight is 391 g/mol. The number of carbonyl (C=O) groups excluding carboxylic acids is 2. The summed E-state index contributed by atoms with van der Waals surface area (Å²) >= 11 is 1.55. The van der Waals surface area contributed by atoms with E-state index in [1.54, 1.807) is 17.4 Å². The average Bonchev–Trinajstić information content (AvgIpc) is 3.25. The van der Waals surface area contributed by atoms with Crippen molar-refractivity contribution in [3.8, 4) is 0 Å². The number of benzene rings is 2. The van der Waals surface area contributed by atoms with Gasteiger partial charge in [-0.25, -0.2) is 4.79 Å². The quantitative estimate of drug-likeness (QED) is 0.457. The third-order valence-electron chi connectivity index (χ3n) is 4.12. The Kier molecular flexibility index (Phi) is 7.15. The molecule has 1 heterocycles. The summed E-state index contributed by atoms with van der Waals surface area (Å²) < 4.78 is 5.05. The number of rotatable bonds is 8. The molecular weight excluding hydrogens is 370 g/mol. The molecule has 0 bridgehead atoms. The van der Waals surface area contributed by atoms with Crippen molar-refractivity contribution in [3.05, 3.63) is 100 Å². The summed E-state index contributed by atoms with van der Waals surface area (Å²) in [4.78, 5) is 24.1. The number of carbonyl (C=O) groups is 2. The van der Waals surface area contributed by atoms with Gasteiger partial charge in [-0.05, 0) is 46.0 Å². The highest BCUT2D eigenvalue weighted by atomic mass is 32.1. The van der Waals surface area contributed by atoms with Crippen molar-refractivity contribution in [1.29, 1.82) is 0 Å². The van der Waals surface area contributed by atoms with Crippen LogP contribution in [-0.4, -0.2) is 18.5 Å². The van der Waals surface area contributed by atoms with Crippen molar-refractivity contribution in [1.82, 2.24) is 5.32 Å². The van der Waals surface area contributed by atoms with Crippen LogP contribution in [0.4, 0.5) is 0 Å². The maximum Gasteiger partial charge on any atom is 0.331 e. The second-order valence-electron chi connectivity index (χ2n) is 6.22. The monoisotopic (exact) mass is 391 g/mol. The van der Waals surface area contributed by atoms with E-state index in [1.165, 1.54) is 6.08 Å². The zero-order valence-electron chi connectivity index (χ0n) is 15.3. The van der Waals surface area contributed by atoms with E-state index in [9.17, 15) is 9.59 Å². The molecule has 0 unspecified atom stereocenters. The Balaban J connectivity index is 1.57. The summed E-state index contributed by atoms with van der Waals surface area (Å²) in [6.07, 6.45) is 3.65. The molecule has 1 amide bonds. The van der Waals surface area contributed by atoms with Gasteiger partial charge in [0.1, 0.15) is 0 Å². The number of amides is 1. The van der Waals surface area contributed by atoms with Crippen LogP contribution in [0, 0.1) is 0 Å². The van der Waals surface area contributed by atoms with E-state index in [0.29, 0.717) is 6.42 Å². The van der Waals surface area contributed by atoms with Crippen molar-refractivity contribution in [2.45, 2.75) is 12.5 Å². The van der Waals surface area contributed by atoms with Gasteiger partial charge in [0.05, 0.1) is 6.04 Å². The molecular formula is C23H21NO3S. The smallest absolute Gasteiger partial charge is 0.331 e. The molecule has 3 rings (SSSR count). The second kappa shape index (κ2) is 10.2. The van der Waals surface area contributed by atoms with E-state index < -0.39 is 5.97 Å². The summed E-state index contributed by atoms with van der Waals surface area (Å²) in [5.41, 5.74) is 3.05. The molecule has 1 N–H and O–H groups in total. The van der Waals surface area contributed by atoms with Gasteiger partial charge in [-0.3, -0.25) is 4.79 Å². The first-order chi connectivity index (χ1) is 13.7. The molecule has 0 aliphatic heterocycles. The molecule has 2 aromatic carbocycles. The summed E-state index contributed by atoms with van der Waals surface area (Å²) in [6.45, 7) is -0.315. The van der Waals surface area contributed by atoms with E-state index in [2.05, 4.69) is 5.32 Å². The van der Waals surface area contributed by atoms with Gasteiger partial charge in [0.2, 0.25) is 0 Å². The molecule has 0 aliphatic rings. The van der Waals surface area contributed by atoms with E-state index in [-0.39, 0.29) is 18.6 Å². The summed E-state index contributed by atoms with van der Waals surface area (Å²) in [6, 6.07) is 21.4. The highest BCUT2D eigenvalue weighted by molar-refractivity contribution is 7.08. The molecule has 0 saturated carbocycles. The van der Waals surface area contributed by atoms with Crippen LogP contribution in [-0.2, 0) is 20.7 Å². The van der Waals surface area contributed by atoms with Crippen molar-refractivity contribution < 1.29 is 14.3 Å². The van der Waals surface area contributed by atoms with Gasteiger partial charge in [0.25, 0.3) is 5.91 Å². The molecule has 0 radical (unpaired) electrons. The van der Waals surface area contributed by atoms with Gasteiger partial charge in [-0.2, -0.15) is 11.3 Å². The molecule has 0 aliphatic carbocycles. The first-order valence-corrected chi connectivity index (χ1v) is 9.90. The summed E-state index contributed by atoms with van der Waals surface area (Å²) in [5.74, 6) is -0.872. The van der Waals surface area contributed by atoms with Crippen LogP contribution in [0.3, 0.4) is 0 Å². The summed E-state index contributed by atoms with van der Waals surface area (Å²) in [5, 5.41) is 6.81. The molecule has 28 heavy (non-hydrogen) atoms. The predicted molar refractivity (Wildman–Crippen MR) is 112 cm³/mol. The molecule has 4 nitrogen and oxygen atoms in total. The van der Waals surface area contributed by atoms with Gasteiger partial charge in [-0.1, -0.05) is 60.7 Å². The van der Waals surface area contributed by atoms with Crippen molar-refractivity contribution in [2.75, 3.05) is 6.61 Å². The third-order valence-corrected chi connectivity index (χ3v) is 4.82. The molecule has 1 atom stereocenters. The van der Waals surface area contributed by atoms with Gasteiger partial charge in [0, 0.05) is 6.08 Å². The fourth-order valence-electron chi connectivity index (χ4n) is 2.74. The number of hydrogen-bond acceptors (Lipinski definition) is 4. The van der Waals surface area contributed by atoms with Crippen LogP contribution >= 0.6 is 11.3 Å². The first-order valence-electron chi connectivity index (χ1n) is 8.96. The van der Waals surface area contributed by atoms with Gasteiger partial charge in [0.15, 0.2) is 6.61 Å². The zero-order chi connectivity index (χ0) is 19.6. The van der Waals surface area contributed by atoms with Gasteiger partial charge < -0.3 is 10.1 Å². The van der Waals surface area contributed by atoms with Crippen LogP contribution in [0.5, 0.6) is 0 Å². The first kappa shape index (κ1) is 19.6. The fraction of sp³-hybridized carbons (Fsp3) is 0.130. The topological polar surface area (TPSA) is 55.4 Å². The number of esters is 1. The summed E-state index contributed by atoms with van der Waals surface area (Å²) in [7, 11) is 0. The maximum absolute atomic E-state index is 12.3. The zero-order valence-corrected chi connectivity index (χ0v) is 16.1. The Hall–Kier alpha value is -3.18. The molecule has 0 fully saturated rings. The van der Waals surface area contributed by atoms with Crippen LogP contribution in [0.15, 0.2) is 83.6 Å². The Morgan fingerprint density at radius 3 is 2.39 bits per heavy atom. The SMILES string of the molecule is O=C(COC(=O)/C=C/c1ccsc1)N[C@H](Cc1ccccc1)c1ccccc1. The lowest BCUT2D eigenvalue weighted by atomic mass is 9.99. The van der Waals surface area contributed by atoms with E-state index in [1.807, 2.05) is 77.5 Å². The number of ether oxygens (including phenoxy) is 1. The van der Waals surface area contributed by atoms with Crippen LogP contribution in [0.1, 0.15) is 22.7 Å². The lowest BCUT2D eigenvalue weighted by Gasteiger charge is -2.19. The highest BCUT2D eigenvalue weighted by Gasteiger charge is 2.16. The minimum Gasteiger partial charge on any atom is -0.452 e. The second-order valence-corrected chi connectivity index (χ2v) is 7.00. The van der Waals surface area contributed by atoms with Gasteiger partial charge in [-0.15, -0.1) is 0 Å². The standard InChI is InChI=1S/C23H21NO3S/c25-22(16-27-23(26)12-11-19-13-14-28-17-19)24-21(20-9-5-2-6-10-20)15-18-7-3-1-4-8-18/h1-14,17,21H,15-16H2,(H,24,25)/b12-11+/t21-/m1/s1. The number of nitrogens with one attached hydrogen (secondary N) is 1. The maximum atomic E-state index is 12.3. The Labute approximate surface area is 168 Å². The molecule has 0 saturated heterocycles. The Bertz CT molecular complexity index is 906. The number of thiophene rings is 1. The Morgan fingerprint density at radius 2 is 1.71 bits per heavy atom. The van der Waals surface area contributed by atoms with E-state index >= 15 is 0 Å².